The first kappa shape index (κ1) is 18.1. The molecule has 0 saturated carbocycles. The van der Waals surface area contributed by atoms with E-state index in [1.165, 1.54) is 18.3 Å². The van der Waals surface area contributed by atoms with Gasteiger partial charge >= 0.3 is 0 Å². The number of rotatable bonds is 4. The Morgan fingerprint density at radius 3 is 2.77 bits per heavy atom. The van der Waals surface area contributed by atoms with Gasteiger partial charge in [-0.1, -0.05) is 18.5 Å². The summed E-state index contributed by atoms with van der Waals surface area (Å²) >= 11 is 5.65. The van der Waals surface area contributed by atoms with Crippen LogP contribution < -0.4 is 10.7 Å². The van der Waals surface area contributed by atoms with Gasteiger partial charge in [-0.25, -0.2) is 9.37 Å². The molecule has 0 spiro atoms. The second kappa shape index (κ2) is 7.25. The van der Waals surface area contributed by atoms with E-state index in [0.717, 1.165) is 18.2 Å². The fraction of sp³-hybridized carbons (Fsp3) is 0.211. The molecule has 0 fully saturated rings. The Balaban J connectivity index is 2.07. The summed E-state index contributed by atoms with van der Waals surface area (Å²) < 4.78 is 15.4. The minimum Gasteiger partial charge on any atom is -0.331 e. The van der Waals surface area contributed by atoms with Crippen molar-refractivity contribution in [2.75, 3.05) is 5.32 Å². The van der Waals surface area contributed by atoms with Crippen LogP contribution in [0.25, 0.3) is 11.0 Å². The van der Waals surface area contributed by atoms with Crippen molar-refractivity contribution < 1.29 is 9.18 Å². The number of aromatic nitrogens is 2. The quantitative estimate of drug-likeness (QED) is 0.746. The van der Waals surface area contributed by atoms with Crippen molar-refractivity contribution in [1.29, 1.82) is 0 Å². The molecule has 3 rings (SSSR count). The summed E-state index contributed by atoms with van der Waals surface area (Å²) in [5.74, 6) is -1.25. The molecule has 0 radical (unpaired) electrons. The number of pyridine rings is 2. The van der Waals surface area contributed by atoms with E-state index in [2.05, 4.69) is 10.3 Å². The van der Waals surface area contributed by atoms with Gasteiger partial charge in [0.05, 0.1) is 10.4 Å². The zero-order valence-corrected chi connectivity index (χ0v) is 15.1. The van der Waals surface area contributed by atoms with E-state index >= 15 is 0 Å². The number of nitrogens with zero attached hydrogens (tertiary/aromatic N) is 2. The normalized spacial score (nSPS) is 10.9. The molecular formula is C19H17ClFN3O2. The molecular weight excluding hydrogens is 357 g/mol. The summed E-state index contributed by atoms with van der Waals surface area (Å²) in [6.45, 7) is 4.45. The van der Waals surface area contributed by atoms with Gasteiger partial charge in [0.2, 0.25) is 5.43 Å². The number of nitrogens with one attached hydrogen (secondary N) is 1. The van der Waals surface area contributed by atoms with Gasteiger partial charge in [0, 0.05) is 24.1 Å². The van der Waals surface area contributed by atoms with Crippen LogP contribution in [0.2, 0.25) is 5.02 Å². The lowest BCUT2D eigenvalue weighted by Gasteiger charge is -2.12. The highest BCUT2D eigenvalue weighted by Crippen LogP contribution is 2.19. The molecule has 0 bridgehead atoms. The number of hydrogen-bond donors (Lipinski definition) is 1. The smallest absolute Gasteiger partial charge is 0.261 e. The van der Waals surface area contributed by atoms with E-state index in [9.17, 15) is 14.0 Å². The zero-order chi connectivity index (χ0) is 18.8. The van der Waals surface area contributed by atoms with Gasteiger partial charge in [0.1, 0.15) is 17.0 Å². The molecule has 26 heavy (non-hydrogen) atoms. The molecule has 1 aromatic carbocycles. The van der Waals surface area contributed by atoms with Gasteiger partial charge in [0.25, 0.3) is 5.91 Å². The van der Waals surface area contributed by atoms with Crippen molar-refractivity contribution in [3.63, 3.8) is 0 Å². The van der Waals surface area contributed by atoms with Crippen molar-refractivity contribution in [1.82, 2.24) is 9.55 Å². The van der Waals surface area contributed by atoms with E-state index < -0.39 is 17.2 Å². The molecule has 0 unspecified atom stereocenters. The van der Waals surface area contributed by atoms with Crippen LogP contribution in [-0.4, -0.2) is 15.5 Å². The molecule has 2 aromatic heterocycles. The minimum atomic E-state index is -0.647. The van der Waals surface area contributed by atoms with Crippen LogP contribution in [0, 0.1) is 12.7 Å². The third kappa shape index (κ3) is 3.46. The topological polar surface area (TPSA) is 64.0 Å². The number of benzene rings is 1. The predicted octanol–water partition coefficient (Wildman–Crippen LogP) is 4.16. The van der Waals surface area contributed by atoms with Crippen molar-refractivity contribution >= 4 is 34.2 Å². The second-order valence-electron chi connectivity index (χ2n) is 5.97. The minimum absolute atomic E-state index is 0.0213. The number of carbonyl (C=O) groups is 1. The number of anilines is 1. The first-order chi connectivity index (χ1) is 12.4. The molecule has 1 N–H and O–H groups in total. The van der Waals surface area contributed by atoms with Gasteiger partial charge in [-0.05, 0) is 43.7 Å². The van der Waals surface area contributed by atoms with Crippen molar-refractivity contribution in [3.8, 4) is 0 Å². The molecule has 0 aliphatic rings. The number of halogens is 2. The summed E-state index contributed by atoms with van der Waals surface area (Å²) in [4.78, 5) is 29.8. The highest BCUT2D eigenvalue weighted by Gasteiger charge is 2.17. The van der Waals surface area contributed by atoms with Gasteiger partial charge in [-0.3, -0.25) is 9.59 Å². The fourth-order valence-electron chi connectivity index (χ4n) is 2.71. The summed E-state index contributed by atoms with van der Waals surface area (Å²) in [5.41, 5.74) is 1.13. The van der Waals surface area contributed by atoms with E-state index in [0.29, 0.717) is 17.6 Å². The number of aryl methyl sites for hydroxylation is 2. The molecule has 0 aliphatic carbocycles. The predicted molar refractivity (Wildman–Crippen MR) is 100 cm³/mol. The van der Waals surface area contributed by atoms with Crippen LogP contribution in [0.4, 0.5) is 10.1 Å². The summed E-state index contributed by atoms with van der Waals surface area (Å²) in [6.07, 6.45) is 2.32. The standard InChI is InChI=1S/C19H17ClFN3O2/c1-3-8-24-10-14(17(25)13-6-4-11(2)22-18(13)24)19(26)23-12-5-7-15(20)16(21)9-12/h4-7,9-10H,3,8H2,1-2H3,(H,23,26). The maximum Gasteiger partial charge on any atom is 0.261 e. The van der Waals surface area contributed by atoms with Gasteiger partial charge in [0.15, 0.2) is 0 Å². The fourth-order valence-corrected chi connectivity index (χ4v) is 2.82. The van der Waals surface area contributed by atoms with Crippen molar-refractivity contribution in [2.45, 2.75) is 26.8 Å². The van der Waals surface area contributed by atoms with Crippen molar-refractivity contribution in [2.24, 2.45) is 0 Å². The summed E-state index contributed by atoms with van der Waals surface area (Å²) in [7, 11) is 0. The van der Waals surface area contributed by atoms with E-state index in [4.69, 9.17) is 11.6 Å². The summed E-state index contributed by atoms with van der Waals surface area (Å²) in [5, 5.41) is 2.87. The van der Waals surface area contributed by atoms with Crippen LogP contribution in [0.3, 0.4) is 0 Å². The second-order valence-corrected chi connectivity index (χ2v) is 6.38. The first-order valence-corrected chi connectivity index (χ1v) is 8.55. The number of fused-ring (bicyclic) bond motifs is 1. The van der Waals surface area contributed by atoms with Crippen LogP contribution >= 0.6 is 11.6 Å². The average molecular weight is 374 g/mol. The highest BCUT2D eigenvalue weighted by atomic mass is 35.5. The maximum absolute atomic E-state index is 13.6. The third-order valence-corrected chi connectivity index (χ3v) is 4.25. The number of hydrogen-bond acceptors (Lipinski definition) is 3. The van der Waals surface area contributed by atoms with Gasteiger partial charge in [-0.2, -0.15) is 0 Å². The summed E-state index contributed by atoms with van der Waals surface area (Å²) in [6, 6.07) is 7.33. The Morgan fingerprint density at radius 2 is 2.08 bits per heavy atom. The average Bonchev–Trinajstić information content (AvgIpc) is 2.60. The molecule has 0 aliphatic heterocycles. The molecule has 2 heterocycles. The number of carbonyl (C=O) groups excluding carboxylic acids is 1. The molecule has 1 amide bonds. The largest absolute Gasteiger partial charge is 0.331 e. The zero-order valence-electron chi connectivity index (χ0n) is 14.3. The Bertz CT molecular complexity index is 1060. The lowest BCUT2D eigenvalue weighted by atomic mass is 10.1. The van der Waals surface area contributed by atoms with Gasteiger partial charge < -0.3 is 9.88 Å². The van der Waals surface area contributed by atoms with E-state index in [1.54, 1.807) is 16.7 Å². The van der Waals surface area contributed by atoms with E-state index in [1.807, 2.05) is 13.8 Å². The molecule has 0 atom stereocenters. The Morgan fingerprint density at radius 1 is 1.31 bits per heavy atom. The van der Waals surface area contributed by atoms with Crippen LogP contribution in [0.5, 0.6) is 0 Å². The van der Waals surface area contributed by atoms with Crippen LogP contribution in [0.1, 0.15) is 29.4 Å². The Kier molecular flexibility index (Phi) is 5.04. The number of amides is 1. The highest BCUT2D eigenvalue weighted by molar-refractivity contribution is 6.30. The van der Waals surface area contributed by atoms with Crippen molar-refractivity contribution in [3.05, 3.63) is 68.8 Å². The third-order valence-electron chi connectivity index (χ3n) is 3.95. The lowest BCUT2D eigenvalue weighted by Crippen LogP contribution is -2.24. The Hall–Kier alpha value is -2.73. The van der Waals surface area contributed by atoms with Crippen LogP contribution in [-0.2, 0) is 6.54 Å². The molecule has 134 valence electrons. The molecule has 5 nitrogen and oxygen atoms in total. The maximum atomic E-state index is 13.6. The van der Waals surface area contributed by atoms with Crippen LogP contribution in [0.15, 0.2) is 41.3 Å². The molecule has 0 saturated heterocycles. The van der Waals surface area contributed by atoms with E-state index in [-0.39, 0.29) is 16.3 Å². The monoisotopic (exact) mass is 373 g/mol. The molecule has 7 heteroatoms. The first-order valence-electron chi connectivity index (χ1n) is 8.18. The lowest BCUT2D eigenvalue weighted by molar-refractivity contribution is 0.102. The van der Waals surface area contributed by atoms with Gasteiger partial charge in [-0.15, -0.1) is 0 Å². The Labute approximate surface area is 154 Å². The molecule has 3 aromatic rings. The SMILES string of the molecule is CCCn1cc(C(=O)Nc2ccc(Cl)c(F)c2)c(=O)c2ccc(C)nc21.